The zero-order valence-electron chi connectivity index (χ0n) is 5.60. The number of hydrogen-bond acceptors (Lipinski definition) is 1. The van der Waals surface area contributed by atoms with Crippen molar-refractivity contribution in [2.45, 2.75) is 23.3 Å². The van der Waals surface area contributed by atoms with E-state index in [4.69, 9.17) is 5.73 Å². The molecule has 54 valence electrons. The van der Waals surface area contributed by atoms with Gasteiger partial charge in [0.05, 0.1) is 0 Å². The van der Waals surface area contributed by atoms with Crippen molar-refractivity contribution in [2.75, 3.05) is 4.43 Å². The summed E-state index contributed by atoms with van der Waals surface area (Å²) in [7, 11) is 0. The number of hydrogen-bond donors (Lipinski definition) is 1. The summed E-state index contributed by atoms with van der Waals surface area (Å²) in [6, 6.07) is 0.452. The molecule has 9 heavy (non-hydrogen) atoms. The third-order valence-electron chi connectivity index (χ3n) is 1.26. The average molecular weight is 463 g/mol. The molecule has 0 aromatic carbocycles. The van der Waals surface area contributed by atoms with Gasteiger partial charge in [-0.25, -0.2) is 0 Å². The quantitative estimate of drug-likeness (QED) is 0.278. The minimum Gasteiger partial charge on any atom is 0 e. The van der Waals surface area contributed by atoms with Gasteiger partial charge < -0.3 is 0 Å². The van der Waals surface area contributed by atoms with Gasteiger partial charge in [0.2, 0.25) is 0 Å². The molecule has 2 N–H and O–H groups in total. The van der Waals surface area contributed by atoms with Crippen LogP contribution in [0.4, 0.5) is 0 Å². The molecule has 0 amide bonds. The Labute approximate surface area is 91.2 Å². The first kappa shape index (κ1) is 10.7. The van der Waals surface area contributed by atoms with Crippen LogP contribution in [0.15, 0.2) is 0 Å². The Balaban J connectivity index is 0.000000640. The smallest absolute Gasteiger partial charge is 0 e. The van der Waals surface area contributed by atoms with Crippen LogP contribution in [0, 0.1) is 37.5 Å². The molecule has 1 rings (SSSR count). The zero-order valence-corrected chi connectivity index (χ0v) is 11.9. The summed E-state index contributed by atoms with van der Waals surface area (Å²) in [5.41, 5.74) is 5.76. The molecular weight excluding hydrogens is 451 g/mol. The molecule has 2 atom stereocenters. The zero-order chi connectivity index (χ0) is 5.98. The Morgan fingerprint density at radius 2 is 2.44 bits per heavy atom. The van der Waals surface area contributed by atoms with Gasteiger partial charge in [-0.3, -0.25) is 0 Å². The molecule has 0 aromatic heterocycles. The maximum atomic E-state index is 5.76. The van der Waals surface area contributed by atoms with Crippen LogP contribution in [0.3, 0.4) is 0 Å². The van der Waals surface area contributed by atoms with E-state index in [1.165, 1.54) is 4.43 Å². The molecule has 2 unspecified atom stereocenters. The molecular formula is C6H12INU-2. The maximum absolute atomic E-state index is 5.76. The van der Waals surface area contributed by atoms with E-state index in [0.717, 1.165) is 10.3 Å². The maximum Gasteiger partial charge on any atom is 0 e. The van der Waals surface area contributed by atoms with Gasteiger partial charge in [-0.1, -0.05) is 0 Å². The predicted molar refractivity (Wildman–Crippen MR) is 31.2 cm³/mol. The van der Waals surface area contributed by atoms with Crippen molar-refractivity contribution in [1.82, 2.24) is 0 Å². The van der Waals surface area contributed by atoms with Gasteiger partial charge in [-0.05, 0) is 0 Å². The first-order chi connectivity index (χ1) is 3.84. The second kappa shape index (κ2) is 5.40. The monoisotopic (exact) mass is 463 g/mol. The summed E-state index contributed by atoms with van der Waals surface area (Å²) in [6.07, 6.45) is 3.37. The largest absolute Gasteiger partial charge is 0 e. The fraction of sp³-hybridized carbons (Fsp3) is 0.833. The molecule has 0 bridgehead atoms. The number of halogens is 1. The van der Waals surface area contributed by atoms with Gasteiger partial charge in [-0.2, -0.15) is 0 Å². The minimum absolute atomic E-state index is 0. The molecule has 0 spiro atoms. The van der Waals surface area contributed by atoms with E-state index in [2.05, 4.69) is 13.3 Å². The van der Waals surface area contributed by atoms with Crippen molar-refractivity contribution >= 4 is 0 Å². The fourth-order valence-corrected chi connectivity index (χ4v) is 2.44. The van der Waals surface area contributed by atoms with Crippen LogP contribution in [-0.2, 0) is 0 Å². The summed E-state index contributed by atoms with van der Waals surface area (Å²) in [5.74, 6) is 0. The van der Waals surface area contributed by atoms with Gasteiger partial charge in [0.1, 0.15) is 0 Å². The third-order valence-corrected chi connectivity index (χ3v) is 3.99. The molecule has 1 aliphatic rings. The molecule has 0 saturated carbocycles. The molecule has 1 saturated heterocycles. The first-order valence-electron chi connectivity index (χ1n) is 3.01. The third kappa shape index (κ3) is 4.24. The van der Waals surface area contributed by atoms with Crippen molar-refractivity contribution in [3.63, 3.8) is 0 Å². The van der Waals surface area contributed by atoms with Crippen LogP contribution < -0.4 is 26.9 Å². The minimum atomic E-state index is 0. The van der Waals surface area contributed by atoms with E-state index < -0.39 is 0 Å². The molecule has 1 aliphatic heterocycles. The van der Waals surface area contributed by atoms with Crippen molar-refractivity contribution in [3.05, 3.63) is 6.42 Å². The van der Waals surface area contributed by atoms with Crippen LogP contribution in [0.5, 0.6) is 0 Å². The fourth-order valence-electron chi connectivity index (χ4n) is 0.677. The molecule has 1 fully saturated rings. The van der Waals surface area contributed by atoms with E-state index in [-0.39, 0.29) is 31.1 Å². The Kier molecular flexibility index (Phi) is 6.44. The van der Waals surface area contributed by atoms with E-state index in [1.54, 1.807) is 0 Å². The standard InChI is InChI=1S/C6H12IN.U/c1-2-3-6(8)5-4-7-5;/h3,5-6H,2,4,8H2,1H3;/q-2;. The van der Waals surface area contributed by atoms with E-state index >= 15 is 0 Å². The Morgan fingerprint density at radius 1 is 1.89 bits per heavy atom. The van der Waals surface area contributed by atoms with Crippen LogP contribution in [0.2, 0.25) is 0 Å². The van der Waals surface area contributed by atoms with Crippen LogP contribution in [-0.4, -0.2) is 14.4 Å². The predicted octanol–water partition coefficient (Wildman–Crippen LogP) is -2.60. The van der Waals surface area contributed by atoms with Gasteiger partial charge >= 0.3 is 61.1 Å². The first-order valence-corrected chi connectivity index (χ1v) is 5.78. The average Bonchev–Trinajstić information content (AvgIpc) is 2.45. The molecule has 3 heteroatoms. The Hall–Kier alpha value is 1.74. The van der Waals surface area contributed by atoms with Crippen LogP contribution in [0.25, 0.3) is 0 Å². The molecule has 0 aliphatic carbocycles. The van der Waals surface area contributed by atoms with E-state index in [9.17, 15) is 0 Å². The van der Waals surface area contributed by atoms with Crippen molar-refractivity contribution in [3.8, 4) is 0 Å². The van der Waals surface area contributed by atoms with Gasteiger partial charge in [0.15, 0.2) is 0 Å². The van der Waals surface area contributed by atoms with E-state index in [1.807, 2.05) is 0 Å². The summed E-state index contributed by atoms with van der Waals surface area (Å²) >= 11 is 0.565. The summed E-state index contributed by atoms with van der Waals surface area (Å²) in [6.45, 7) is 2.15. The second-order valence-corrected chi connectivity index (χ2v) is 5.41. The van der Waals surface area contributed by atoms with Crippen molar-refractivity contribution < 1.29 is 52.3 Å². The Morgan fingerprint density at radius 3 is 2.78 bits per heavy atom. The topological polar surface area (TPSA) is 26.0 Å². The summed E-state index contributed by atoms with van der Waals surface area (Å²) < 4.78 is 2.42. The normalized spacial score (nSPS) is 27.6. The van der Waals surface area contributed by atoms with Crippen molar-refractivity contribution in [1.29, 1.82) is 0 Å². The molecule has 0 aromatic rings. The number of rotatable bonds is 3. The SMILES string of the molecule is CC[CH-]C(N)C1C[I-]1.[U]. The molecule has 0 radical (unpaired) electrons. The molecule has 1 nitrogen and oxygen atoms in total. The van der Waals surface area contributed by atoms with Gasteiger partial charge in [0, 0.05) is 31.1 Å². The summed E-state index contributed by atoms with van der Waals surface area (Å²) in [4.78, 5) is 0. The summed E-state index contributed by atoms with van der Waals surface area (Å²) in [5, 5.41) is 0. The molecule has 1 heterocycles. The van der Waals surface area contributed by atoms with Crippen molar-refractivity contribution in [2.24, 2.45) is 5.73 Å². The van der Waals surface area contributed by atoms with E-state index in [0.29, 0.717) is 27.2 Å². The number of alkyl halides is 2. The van der Waals surface area contributed by atoms with Gasteiger partial charge in [0.25, 0.3) is 0 Å². The number of nitrogens with two attached hydrogens (primary N) is 1. The Bertz CT molecular complexity index is 75.5. The van der Waals surface area contributed by atoms with Gasteiger partial charge in [-0.15, -0.1) is 0 Å². The van der Waals surface area contributed by atoms with Crippen LogP contribution >= 0.6 is 0 Å². The second-order valence-electron chi connectivity index (χ2n) is 2.05. The van der Waals surface area contributed by atoms with Crippen LogP contribution in [0.1, 0.15) is 13.3 Å².